The summed E-state index contributed by atoms with van der Waals surface area (Å²) in [5.74, 6) is 0.112. The van der Waals surface area contributed by atoms with Gasteiger partial charge in [0, 0.05) is 49.4 Å². The number of ether oxygens (including phenoxy) is 2. The van der Waals surface area contributed by atoms with Gasteiger partial charge in [0.2, 0.25) is 0 Å². The van der Waals surface area contributed by atoms with E-state index in [1.54, 1.807) is 12.3 Å². The summed E-state index contributed by atoms with van der Waals surface area (Å²) in [5.41, 5.74) is 11.2. The van der Waals surface area contributed by atoms with Gasteiger partial charge in [0.1, 0.15) is 5.69 Å². The van der Waals surface area contributed by atoms with Crippen LogP contribution in [0.4, 0.5) is 5.69 Å². The summed E-state index contributed by atoms with van der Waals surface area (Å²) >= 11 is 0. The van der Waals surface area contributed by atoms with Gasteiger partial charge in [-0.3, -0.25) is 9.69 Å². The third kappa shape index (κ3) is 3.91. The predicted molar refractivity (Wildman–Crippen MR) is 129 cm³/mol. The number of carbonyl (C=O) groups is 1. The molecule has 1 amide bonds. The van der Waals surface area contributed by atoms with Gasteiger partial charge in [0.25, 0.3) is 5.91 Å². The molecule has 0 aliphatic carbocycles. The van der Waals surface area contributed by atoms with Gasteiger partial charge in [-0.15, -0.1) is 0 Å². The topological polar surface area (TPSA) is 110 Å². The molecule has 0 saturated carbocycles. The first-order chi connectivity index (χ1) is 16.7. The summed E-state index contributed by atoms with van der Waals surface area (Å²) in [5, 5.41) is 0.941. The third-order valence-electron chi connectivity index (χ3n) is 6.60. The number of morpholine rings is 2. The minimum atomic E-state index is -0.506. The van der Waals surface area contributed by atoms with Crippen LogP contribution in [0.3, 0.4) is 0 Å². The molecule has 2 aliphatic rings. The summed E-state index contributed by atoms with van der Waals surface area (Å²) in [6.45, 7) is 7.23. The monoisotopic (exact) mass is 461 g/mol. The highest BCUT2D eigenvalue weighted by atomic mass is 16.5. The van der Waals surface area contributed by atoms with Crippen molar-refractivity contribution in [3.63, 3.8) is 0 Å². The molecule has 6 rings (SSSR count). The van der Waals surface area contributed by atoms with Crippen LogP contribution in [-0.4, -0.2) is 73.4 Å². The lowest BCUT2D eigenvalue weighted by atomic mass is 10.1. The van der Waals surface area contributed by atoms with Crippen molar-refractivity contribution in [1.82, 2.24) is 14.9 Å². The average molecular weight is 462 g/mol. The number of pyridine rings is 1. The molecule has 1 aromatic carbocycles. The van der Waals surface area contributed by atoms with Crippen LogP contribution in [0, 0.1) is 0 Å². The minimum Gasteiger partial charge on any atom is -0.462 e. The van der Waals surface area contributed by atoms with E-state index in [4.69, 9.17) is 24.6 Å². The zero-order chi connectivity index (χ0) is 23.1. The second-order valence-corrected chi connectivity index (χ2v) is 8.80. The molecule has 0 bridgehead atoms. The van der Waals surface area contributed by atoms with E-state index in [9.17, 15) is 4.79 Å². The Bertz CT molecular complexity index is 1350. The molecular weight excluding hydrogens is 434 g/mol. The van der Waals surface area contributed by atoms with Gasteiger partial charge < -0.3 is 29.5 Å². The fourth-order valence-corrected chi connectivity index (χ4v) is 4.79. The predicted octanol–water partition coefficient (Wildman–Crippen LogP) is 2.74. The van der Waals surface area contributed by atoms with Gasteiger partial charge in [-0.25, -0.2) is 4.98 Å². The Hall–Kier alpha value is -3.40. The Morgan fingerprint density at radius 1 is 1.03 bits per heavy atom. The number of carbonyl (C=O) groups excluding carboxylic acids is 1. The van der Waals surface area contributed by atoms with Crippen LogP contribution >= 0.6 is 0 Å². The largest absolute Gasteiger partial charge is 0.462 e. The Balaban J connectivity index is 1.38. The molecule has 9 nitrogen and oxygen atoms in total. The molecule has 0 atom stereocenters. The van der Waals surface area contributed by atoms with Crippen molar-refractivity contribution in [2.75, 3.05) is 57.5 Å². The van der Waals surface area contributed by atoms with Crippen LogP contribution in [0.5, 0.6) is 0 Å². The summed E-state index contributed by atoms with van der Waals surface area (Å²) in [7, 11) is 0. The van der Waals surface area contributed by atoms with Crippen LogP contribution in [0.25, 0.3) is 33.4 Å². The fourth-order valence-electron chi connectivity index (χ4n) is 4.79. The van der Waals surface area contributed by atoms with Crippen LogP contribution in [0.2, 0.25) is 0 Å². The maximum absolute atomic E-state index is 12.4. The summed E-state index contributed by atoms with van der Waals surface area (Å²) < 4.78 is 16.8. The van der Waals surface area contributed by atoms with Crippen molar-refractivity contribution < 1.29 is 18.7 Å². The summed E-state index contributed by atoms with van der Waals surface area (Å²) in [6.07, 6.45) is 1.75. The second-order valence-electron chi connectivity index (χ2n) is 8.80. The lowest BCUT2D eigenvalue weighted by molar-refractivity contribution is 0.0341. The number of furan rings is 1. The maximum atomic E-state index is 12.4. The molecule has 2 aliphatic heterocycles. The first-order valence-electron chi connectivity index (χ1n) is 11.6. The highest BCUT2D eigenvalue weighted by Crippen LogP contribution is 2.33. The number of nitrogens with zero attached hydrogens (tertiary/aromatic N) is 3. The molecule has 2 fully saturated rings. The average Bonchev–Trinajstić information content (AvgIpc) is 3.48. The molecule has 3 N–H and O–H groups in total. The van der Waals surface area contributed by atoms with Crippen molar-refractivity contribution in [3.8, 4) is 11.5 Å². The Labute approximate surface area is 196 Å². The van der Waals surface area contributed by atoms with Crippen LogP contribution < -0.4 is 10.6 Å². The van der Waals surface area contributed by atoms with E-state index in [1.165, 1.54) is 0 Å². The fraction of sp³-hybridized carbons (Fsp3) is 0.360. The first kappa shape index (κ1) is 21.2. The number of H-pyrrole nitrogens is 1. The van der Waals surface area contributed by atoms with Crippen LogP contribution in [-0.2, 0) is 16.0 Å². The van der Waals surface area contributed by atoms with Crippen molar-refractivity contribution in [2.24, 2.45) is 5.73 Å². The van der Waals surface area contributed by atoms with Crippen molar-refractivity contribution in [2.45, 2.75) is 6.54 Å². The van der Waals surface area contributed by atoms with Crippen molar-refractivity contribution >= 4 is 33.5 Å². The molecule has 3 aromatic heterocycles. The van der Waals surface area contributed by atoms with E-state index < -0.39 is 5.91 Å². The van der Waals surface area contributed by atoms with E-state index in [2.05, 4.69) is 26.9 Å². The number of nitrogens with one attached hydrogen (secondary N) is 1. The molecule has 4 aromatic rings. The molecular formula is C25H27N5O4. The lowest BCUT2D eigenvalue weighted by Gasteiger charge is -2.28. The number of nitrogens with two attached hydrogens (primary N) is 1. The summed E-state index contributed by atoms with van der Waals surface area (Å²) in [6, 6.07) is 9.93. The second kappa shape index (κ2) is 8.75. The highest BCUT2D eigenvalue weighted by Gasteiger charge is 2.20. The molecule has 0 spiro atoms. The lowest BCUT2D eigenvalue weighted by Crippen LogP contribution is -2.36. The standard InChI is InChI=1S/C25H27N5O4/c26-25(31)19-13-21(22-11-16(15-34-22)14-29-3-7-32-8-4-29)28-23-18-2-1-17(12-20(18)27-24(19)23)30-5-9-33-10-6-30/h1-2,11-13,15,27H,3-10,14H2,(H2,26,31). The van der Waals surface area contributed by atoms with Crippen molar-refractivity contribution in [3.05, 3.63) is 47.7 Å². The number of rotatable bonds is 5. The van der Waals surface area contributed by atoms with Gasteiger partial charge in [0.05, 0.1) is 54.8 Å². The van der Waals surface area contributed by atoms with Gasteiger partial charge in [0.15, 0.2) is 5.76 Å². The molecule has 2 saturated heterocycles. The van der Waals surface area contributed by atoms with E-state index >= 15 is 0 Å². The smallest absolute Gasteiger partial charge is 0.250 e. The zero-order valence-corrected chi connectivity index (χ0v) is 18.9. The van der Waals surface area contributed by atoms with E-state index in [1.807, 2.05) is 12.1 Å². The Morgan fingerprint density at radius 2 is 1.79 bits per heavy atom. The summed E-state index contributed by atoms with van der Waals surface area (Å²) in [4.78, 5) is 25.2. The number of primary amides is 1. The molecule has 34 heavy (non-hydrogen) atoms. The van der Waals surface area contributed by atoms with E-state index in [-0.39, 0.29) is 0 Å². The molecule has 176 valence electrons. The number of amides is 1. The third-order valence-corrected chi connectivity index (χ3v) is 6.60. The number of fused-ring (bicyclic) bond motifs is 3. The molecule has 5 heterocycles. The van der Waals surface area contributed by atoms with Gasteiger partial charge >= 0.3 is 0 Å². The van der Waals surface area contributed by atoms with Crippen LogP contribution in [0.15, 0.2) is 41.0 Å². The van der Waals surface area contributed by atoms with E-state index in [0.29, 0.717) is 28.1 Å². The number of hydrogen-bond acceptors (Lipinski definition) is 7. The number of benzene rings is 1. The van der Waals surface area contributed by atoms with Gasteiger partial charge in [-0.05, 0) is 30.3 Å². The number of hydrogen-bond donors (Lipinski definition) is 2. The number of aromatic nitrogens is 2. The number of aromatic amines is 1. The zero-order valence-electron chi connectivity index (χ0n) is 18.9. The highest BCUT2D eigenvalue weighted by molar-refractivity contribution is 6.14. The SMILES string of the molecule is NC(=O)c1cc(-c2cc(CN3CCOCC3)co2)nc2c1[nH]c1cc(N3CCOCC3)ccc12. The van der Waals surface area contributed by atoms with Crippen molar-refractivity contribution in [1.29, 1.82) is 0 Å². The normalized spacial score (nSPS) is 17.6. The van der Waals surface area contributed by atoms with Gasteiger partial charge in [-0.2, -0.15) is 0 Å². The maximum Gasteiger partial charge on any atom is 0.250 e. The molecule has 0 radical (unpaired) electrons. The molecule has 0 unspecified atom stereocenters. The minimum absolute atomic E-state index is 0.398. The van der Waals surface area contributed by atoms with E-state index in [0.717, 1.165) is 81.3 Å². The first-order valence-corrected chi connectivity index (χ1v) is 11.6. The molecule has 9 heteroatoms. The number of anilines is 1. The van der Waals surface area contributed by atoms with Gasteiger partial charge in [-0.1, -0.05) is 0 Å². The quantitative estimate of drug-likeness (QED) is 0.470. The van der Waals surface area contributed by atoms with Crippen LogP contribution in [0.1, 0.15) is 15.9 Å². The Kier molecular flexibility index (Phi) is 5.44. The Morgan fingerprint density at radius 3 is 2.56 bits per heavy atom.